The van der Waals surface area contributed by atoms with Crippen LogP contribution in [0.3, 0.4) is 0 Å². The summed E-state index contributed by atoms with van der Waals surface area (Å²) in [4.78, 5) is 25.5. The molecule has 0 fully saturated rings. The van der Waals surface area contributed by atoms with Gasteiger partial charge in [0.25, 0.3) is 0 Å². The third-order valence-electron chi connectivity index (χ3n) is 2.20. The monoisotopic (exact) mass is 268 g/mol. The summed E-state index contributed by atoms with van der Waals surface area (Å²) in [5.41, 5.74) is 0. The molecular weight excluding hydrogens is 248 g/mol. The zero-order valence-corrected chi connectivity index (χ0v) is 11.7. The number of hydrogen-bond acceptors (Lipinski definition) is 7. The Bertz CT molecular complexity index is 426. The molecule has 0 aliphatic heterocycles. The SMILES string of the molecule is CCNC(=O)CN(C)c1nc(NC)nc(OCC)n1. The molecule has 1 heterocycles. The molecule has 0 aromatic carbocycles. The topological polar surface area (TPSA) is 92.3 Å². The molecule has 0 aliphatic carbocycles. The number of rotatable bonds is 7. The summed E-state index contributed by atoms with van der Waals surface area (Å²) in [5.74, 6) is 0.694. The van der Waals surface area contributed by atoms with Gasteiger partial charge in [-0.25, -0.2) is 0 Å². The summed E-state index contributed by atoms with van der Waals surface area (Å²) in [7, 11) is 3.44. The number of likely N-dealkylation sites (N-methyl/N-ethyl adjacent to an activating group) is 2. The normalized spacial score (nSPS) is 9.89. The molecule has 106 valence electrons. The Morgan fingerprint density at radius 2 is 2.05 bits per heavy atom. The number of amides is 1. The van der Waals surface area contributed by atoms with Gasteiger partial charge in [0.15, 0.2) is 0 Å². The molecule has 0 spiro atoms. The van der Waals surface area contributed by atoms with Crippen molar-refractivity contribution in [2.75, 3.05) is 44.0 Å². The van der Waals surface area contributed by atoms with Gasteiger partial charge in [0.05, 0.1) is 13.2 Å². The maximum atomic E-state index is 11.5. The molecule has 0 radical (unpaired) electrons. The Morgan fingerprint density at radius 3 is 2.63 bits per heavy atom. The second kappa shape index (κ2) is 7.34. The number of carbonyl (C=O) groups excluding carboxylic acids is 1. The largest absolute Gasteiger partial charge is 0.464 e. The van der Waals surface area contributed by atoms with Crippen molar-refractivity contribution in [3.05, 3.63) is 0 Å². The first kappa shape index (κ1) is 14.9. The van der Waals surface area contributed by atoms with Crippen LogP contribution in [0.2, 0.25) is 0 Å². The third kappa shape index (κ3) is 4.57. The molecular formula is C11H20N6O2. The van der Waals surface area contributed by atoms with Crippen molar-refractivity contribution in [1.29, 1.82) is 0 Å². The molecule has 1 rings (SSSR count). The first-order valence-electron chi connectivity index (χ1n) is 6.15. The lowest BCUT2D eigenvalue weighted by Gasteiger charge is -2.17. The summed E-state index contributed by atoms with van der Waals surface area (Å²) in [6.07, 6.45) is 0. The Morgan fingerprint density at radius 1 is 1.32 bits per heavy atom. The fourth-order valence-electron chi connectivity index (χ4n) is 1.36. The van der Waals surface area contributed by atoms with Crippen LogP contribution in [0.15, 0.2) is 0 Å². The van der Waals surface area contributed by atoms with Crippen molar-refractivity contribution in [3.63, 3.8) is 0 Å². The van der Waals surface area contributed by atoms with Gasteiger partial charge in [-0.2, -0.15) is 15.0 Å². The first-order chi connectivity index (χ1) is 9.10. The van der Waals surface area contributed by atoms with Crippen LogP contribution in [0.25, 0.3) is 0 Å². The highest BCUT2D eigenvalue weighted by Crippen LogP contribution is 2.13. The Hall–Kier alpha value is -2.12. The van der Waals surface area contributed by atoms with Crippen LogP contribution in [0.1, 0.15) is 13.8 Å². The summed E-state index contributed by atoms with van der Waals surface area (Å²) < 4.78 is 5.26. The van der Waals surface area contributed by atoms with Gasteiger partial charge in [0.2, 0.25) is 17.8 Å². The molecule has 0 bridgehead atoms. The van der Waals surface area contributed by atoms with Crippen LogP contribution >= 0.6 is 0 Å². The molecule has 0 saturated heterocycles. The minimum absolute atomic E-state index is 0.0885. The summed E-state index contributed by atoms with van der Waals surface area (Å²) in [6, 6.07) is 0.236. The Labute approximate surface area is 112 Å². The van der Waals surface area contributed by atoms with E-state index >= 15 is 0 Å². The predicted molar refractivity (Wildman–Crippen MR) is 72.5 cm³/mol. The van der Waals surface area contributed by atoms with Gasteiger partial charge in [-0.1, -0.05) is 0 Å². The lowest BCUT2D eigenvalue weighted by atomic mass is 10.5. The van der Waals surface area contributed by atoms with Gasteiger partial charge >= 0.3 is 6.01 Å². The molecule has 0 atom stereocenters. The number of anilines is 2. The van der Waals surface area contributed by atoms with Gasteiger partial charge in [-0.3, -0.25) is 4.79 Å². The number of nitrogens with zero attached hydrogens (tertiary/aromatic N) is 4. The van der Waals surface area contributed by atoms with E-state index in [-0.39, 0.29) is 18.5 Å². The molecule has 1 aromatic heterocycles. The van der Waals surface area contributed by atoms with Gasteiger partial charge in [0, 0.05) is 20.6 Å². The highest BCUT2D eigenvalue weighted by molar-refractivity contribution is 5.80. The van der Waals surface area contributed by atoms with Crippen molar-refractivity contribution in [2.45, 2.75) is 13.8 Å². The maximum Gasteiger partial charge on any atom is 0.323 e. The van der Waals surface area contributed by atoms with Crippen LogP contribution in [-0.2, 0) is 4.79 Å². The van der Waals surface area contributed by atoms with E-state index in [9.17, 15) is 4.79 Å². The lowest BCUT2D eigenvalue weighted by Crippen LogP contribution is -2.35. The van der Waals surface area contributed by atoms with Crippen molar-refractivity contribution < 1.29 is 9.53 Å². The second-order valence-corrected chi connectivity index (χ2v) is 3.73. The number of ether oxygens (including phenoxy) is 1. The van der Waals surface area contributed by atoms with Gasteiger partial charge in [0.1, 0.15) is 0 Å². The van der Waals surface area contributed by atoms with Crippen LogP contribution in [-0.4, -0.2) is 54.7 Å². The van der Waals surface area contributed by atoms with Crippen molar-refractivity contribution in [2.24, 2.45) is 0 Å². The molecule has 19 heavy (non-hydrogen) atoms. The predicted octanol–water partition coefficient (Wildman–Crippen LogP) is -0.116. The van der Waals surface area contributed by atoms with E-state index in [4.69, 9.17) is 4.74 Å². The molecule has 8 heteroatoms. The summed E-state index contributed by atoms with van der Waals surface area (Å²) in [6.45, 7) is 4.95. The quantitative estimate of drug-likeness (QED) is 0.712. The zero-order valence-electron chi connectivity index (χ0n) is 11.7. The maximum absolute atomic E-state index is 11.5. The van der Waals surface area contributed by atoms with Crippen LogP contribution in [0.4, 0.5) is 11.9 Å². The van der Waals surface area contributed by atoms with Gasteiger partial charge in [-0.05, 0) is 13.8 Å². The molecule has 2 N–H and O–H groups in total. The summed E-state index contributed by atoms with van der Waals surface area (Å²) >= 11 is 0. The van der Waals surface area contributed by atoms with E-state index in [1.165, 1.54) is 0 Å². The van der Waals surface area contributed by atoms with Crippen LogP contribution < -0.4 is 20.3 Å². The van der Waals surface area contributed by atoms with E-state index in [1.807, 2.05) is 13.8 Å². The fourth-order valence-corrected chi connectivity index (χ4v) is 1.36. The Kier molecular flexibility index (Phi) is 5.77. The van der Waals surface area contributed by atoms with Crippen LogP contribution in [0, 0.1) is 0 Å². The van der Waals surface area contributed by atoms with E-state index in [0.717, 1.165) is 0 Å². The Balaban J connectivity index is 2.85. The van der Waals surface area contributed by atoms with Gasteiger partial charge < -0.3 is 20.3 Å². The number of hydrogen-bond donors (Lipinski definition) is 2. The highest BCUT2D eigenvalue weighted by atomic mass is 16.5. The van der Waals surface area contributed by atoms with Crippen molar-refractivity contribution >= 4 is 17.8 Å². The van der Waals surface area contributed by atoms with E-state index < -0.39 is 0 Å². The lowest BCUT2D eigenvalue weighted by molar-refractivity contribution is -0.119. The fraction of sp³-hybridized carbons (Fsp3) is 0.636. The number of carbonyl (C=O) groups is 1. The molecule has 1 amide bonds. The van der Waals surface area contributed by atoms with Crippen LogP contribution in [0.5, 0.6) is 6.01 Å². The molecule has 0 aliphatic rings. The second-order valence-electron chi connectivity index (χ2n) is 3.73. The minimum Gasteiger partial charge on any atom is -0.464 e. The number of nitrogens with one attached hydrogen (secondary N) is 2. The zero-order chi connectivity index (χ0) is 14.3. The summed E-state index contributed by atoms with van der Waals surface area (Å²) in [5, 5.41) is 5.55. The molecule has 8 nitrogen and oxygen atoms in total. The molecule has 0 saturated carbocycles. The number of aromatic nitrogens is 3. The third-order valence-corrected chi connectivity index (χ3v) is 2.20. The first-order valence-corrected chi connectivity index (χ1v) is 6.15. The molecule has 0 unspecified atom stereocenters. The van der Waals surface area contributed by atoms with E-state index in [2.05, 4.69) is 25.6 Å². The van der Waals surface area contributed by atoms with Gasteiger partial charge in [-0.15, -0.1) is 0 Å². The van der Waals surface area contributed by atoms with E-state index in [0.29, 0.717) is 25.0 Å². The average Bonchev–Trinajstić information content (AvgIpc) is 2.38. The van der Waals surface area contributed by atoms with Crippen molar-refractivity contribution in [1.82, 2.24) is 20.3 Å². The molecule has 1 aromatic rings. The van der Waals surface area contributed by atoms with E-state index in [1.54, 1.807) is 19.0 Å². The minimum atomic E-state index is -0.0885. The smallest absolute Gasteiger partial charge is 0.323 e. The standard InChI is InChI=1S/C11H20N6O2/c1-5-13-8(18)7-17(4)10-14-9(12-3)15-11(16-10)19-6-2/h5-7H2,1-4H3,(H,13,18)(H,12,14,15,16). The average molecular weight is 268 g/mol. The van der Waals surface area contributed by atoms with Crippen molar-refractivity contribution in [3.8, 4) is 6.01 Å². The highest BCUT2D eigenvalue weighted by Gasteiger charge is 2.13.